The number of methoxy groups -OCH3 is 2. The Labute approximate surface area is 242 Å². The molecular weight excluding hydrogens is 554 g/mol. The number of anilines is 1. The lowest BCUT2D eigenvalue weighted by Crippen LogP contribution is -2.07. The zero-order valence-electron chi connectivity index (χ0n) is 24.7. The summed E-state index contributed by atoms with van der Waals surface area (Å²) in [6.45, 7) is 12.4. The second-order valence-electron chi connectivity index (χ2n) is 8.63. The minimum absolute atomic E-state index is 0.557. The summed E-state index contributed by atoms with van der Waals surface area (Å²) in [4.78, 5) is 10.1. The summed E-state index contributed by atoms with van der Waals surface area (Å²) in [5.41, 5.74) is 9.79. The molecule has 0 fully saturated rings. The molecule has 0 unspecified atom stereocenters. The van der Waals surface area contributed by atoms with Gasteiger partial charge in [-0.15, -0.1) is 0 Å². The summed E-state index contributed by atoms with van der Waals surface area (Å²) in [7, 11) is 3.33. The fraction of sp³-hybridized carbons (Fsp3) is 0.484. The molecule has 0 aliphatic carbocycles. The van der Waals surface area contributed by atoms with E-state index in [1.807, 2.05) is 52.0 Å². The normalized spacial score (nSPS) is 10.5. The summed E-state index contributed by atoms with van der Waals surface area (Å²) < 4.78 is 14.3. The van der Waals surface area contributed by atoms with E-state index in [0.717, 1.165) is 93.8 Å². The van der Waals surface area contributed by atoms with Gasteiger partial charge in [-0.3, -0.25) is 0 Å². The number of benzene rings is 2. The number of nitrogens with one attached hydrogen (secondary N) is 1. The second-order valence-corrected chi connectivity index (χ2v) is 9.55. The van der Waals surface area contributed by atoms with Crippen LogP contribution in [0.2, 0.25) is 0 Å². The van der Waals surface area contributed by atoms with Crippen molar-refractivity contribution >= 4 is 43.7 Å². The minimum Gasteiger partial charge on any atom is -0.497 e. The third-order valence-electron chi connectivity index (χ3n) is 6.25. The third kappa shape index (κ3) is 8.08. The quantitative estimate of drug-likeness (QED) is 0.160. The lowest BCUT2D eigenvalue weighted by molar-refractivity contribution is 0.391. The van der Waals surface area contributed by atoms with Crippen LogP contribution >= 0.6 is 15.9 Å². The number of aromatic nitrogens is 3. The van der Waals surface area contributed by atoms with Gasteiger partial charge in [0.2, 0.25) is 0 Å². The van der Waals surface area contributed by atoms with Gasteiger partial charge >= 0.3 is 0 Å². The van der Waals surface area contributed by atoms with E-state index >= 15 is 0 Å². The summed E-state index contributed by atoms with van der Waals surface area (Å²) in [5.74, 6) is 3.43. The highest BCUT2D eigenvalue weighted by Crippen LogP contribution is 2.33. The Bertz CT molecular complexity index is 1310. The Balaban J connectivity index is 0.00000127. The number of rotatable bonds is 12. The van der Waals surface area contributed by atoms with Crippen molar-refractivity contribution in [2.24, 2.45) is 5.73 Å². The lowest BCUT2D eigenvalue weighted by atomic mass is 10.1. The Morgan fingerprint density at radius 2 is 1.72 bits per heavy atom. The van der Waals surface area contributed by atoms with Gasteiger partial charge in [-0.05, 0) is 56.1 Å². The maximum atomic E-state index is 5.80. The maximum absolute atomic E-state index is 5.80. The molecule has 2 aromatic heterocycles. The van der Waals surface area contributed by atoms with Crippen LogP contribution in [0.5, 0.6) is 11.5 Å². The molecule has 0 spiro atoms. The van der Waals surface area contributed by atoms with E-state index in [4.69, 9.17) is 25.2 Å². The first-order valence-corrected chi connectivity index (χ1v) is 15.0. The van der Waals surface area contributed by atoms with Crippen molar-refractivity contribution in [1.82, 2.24) is 14.5 Å². The molecule has 3 N–H and O–H groups in total. The van der Waals surface area contributed by atoms with Crippen LogP contribution in [0.1, 0.15) is 71.7 Å². The van der Waals surface area contributed by atoms with Crippen LogP contribution in [-0.4, -0.2) is 35.3 Å². The third-order valence-corrected chi connectivity index (χ3v) is 6.74. The van der Waals surface area contributed by atoms with Gasteiger partial charge in [0.05, 0.1) is 25.3 Å². The molecule has 0 bridgehead atoms. The van der Waals surface area contributed by atoms with Crippen molar-refractivity contribution in [1.29, 1.82) is 0 Å². The Hall–Kier alpha value is -2.84. The van der Waals surface area contributed by atoms with Gasteiger partial charge in [0.1, 0.15) is 22.8 Å². The molecular formula is C31H46BrN5O2. The first kappa shape index (κ1) is 32.4. The average molecular weight is 601 g/mol. The highest BCUT2D eigenvalue weighted by molar-refractivity contribution is 9.10. The molecule has 39 heavy (non-hydrogen) atoms. The zero-order chi connectivity index (χ0) is 28.8. The fourth-order valence-electron chi connectivity index (χ4n) is 4.39. The Morgan fingerprint density at radius 1 is 0.949 bits per heavy atom. The average Bonchev–Trinajstić information content (AvgIpc) is 3.35. The van der Waals surface area contributed by atoms with E-state index in [1.54, 1.807) is 14.2 Å². The van der Waals surface area contributed by atoms with E-state index in [1.165, 1.54) is 0 Å². The SMILES string of the molecule is CC.CC.CCCCc1nc2c(NCc3ccc(OC)cc3OC)nc3ccc(Br)cc3c2n1CCCCN. The molecule has 0 saturated carbocycles. The van der Waals surface area contributed by atoms with Gasteiger partial charge < -0.3 is 25.1 Å². The predicted molar refractivity (Wildman–Crippen MR) is 169 cm³/mol. The van der Waals surface area contributed by atoms with Crippen molar-refractivity contribution in [3.8, 4) is 11.5 Å². The van der Waals surface area contributed by atoms with E-state index in [-0.39, 0.29) is 0 Å². The summed E-state index contributed by atoms with van der Waals surface area (Å²) in [6.07, 6.45) is 5.17. The highest BCUT2D eigenvalue weighted by Gasteiger charge is 2.19. The molecule has 7 nitrogen and oxygen atoms in total. The number of imidazole rings is 1. The predicted octanol–water partition coefficient (Wildman–Crippen LogP) is 8.11. The van der Waals surface area contributed by atoms with Gasteiger partial charge in [-0.25, -0.2) is 9.97 Å². The van der Waals surface area contributed by atoms with Crippen LogP contribution in [0.25, 0.3) is 21.9 Å². The highest BCUT2D eigenvalue weighted by atomic mass is 79.9. The van der Waals surface area contributed by atoms with Gasteiger partial charge in [0.25, 0.3) is 0 Å². The molecule has 8 heteroatoms. The molecule has 0 aliphatic heterocycles. The number of nitrogens with zero attached hydrogens (tertiary/aromatic N) is 3. The molecule has 0 atom stereocenters. The number of aryl methyl sites for hydroxylation is 2. The minimum atomic E-state index is 0.557. The molecule has 214 valence electrons. The number of hydrogen-bond donors (Lipinski definition) is 2. The molecule has 4 rings (SSSR count). The van der Waals surface area contributed by atoms with Crippen molar-refractivity contribution in [3.63, 3.8) is 0 Å². The van der Waals surface area contributed by atoms with Crippen LogP contribution in [0.3, 0.4) is 0 Å². The molecule has 0 saturated heterocycles. The van der Waals surface area contributed by atoms with Gasteiger partial charge in [0, 0.05) is 41.0 Å². The van der Waals surface area contributed by atoms with Gasteiger partial charge in [-0.1, -0.05) is 57.0 Å². The second kappa shape index (κ2) is 17.0. The molecule has 4 aromatic rings. The van der Waals surface area contributed by atoms with Gasteiger partial charge in [-0.2, -0.15) is 0 Å². The summed E-state index contributed by atoms with van der Waals surface area (Å²) in [6, 6.07) is 12.1. The Kier molecular flexibility index (Phi) is 14.1. The topological polar surface area (TPSA) is 87.2 Å². The molecule has 0 aliphatic rings. The smallest absolute Gasteiger partial charge is 0.155 e. The van der Waals surface area contributed by atoms with Crippen molar-refractivity contribution < 1.29 is 9.47 Å². The van der Waals surface area contributed by atoms with E-state index < -0.39 is 0 Å². The van der Waals surface area contributed by atoms with Crippen LogP contribution in [-0.2, 0) is 19.5 Å². The number of halogens is 1. The zero-order valence-corrected chi connectivity index (χ0v) is 26.3. The maximum Gasteiger partial charge on any atom is 0.155 e. The van der Waals surface area contributed by atoms with Crippen LogP contribution in [0, 0.1) is 0 Å². The van der Waals surface area contributed by atoms with Crippen molar-refractivity contribution in [2.75, 3.05) is 26.1 Å². The van der Waals surface area contributed by atoms with Crippen LogP contribution in [0.4, 0.5) is 5.82 Å². The summed E-state index contributed by atoms with van der Waals surface area (Å²) >= 11 is 3.65. The first-order valence-electron chi connectivity index (χ1n) is 14.2. The monoisotopic (exact) mass is 599 g/mol. The van der Waals surface area contributed by atoms with Crippen molar-refractivity contribution in [3.05, 3.63) is 52.3 Å². The van der Waals surface area contributed by atoms with Crippen LogP contribution in [0.15, 0.2) is 40.9 Å². The number of hydrogen-bond acceptors (Lipinski definition) is 6. The van der Waals surface area contributed by atoms with E-state index in [9.17, 15) is 0 Å². The molecule has 0 radical (unpaired) electrons. The number of unbranched alkanes of at least 4 members (excludes halogenated alkanes) is 2. The largest absolute Gasteiger partial charge is 0.497 e. The fourth-order valence-corrected chi connectivity index (χ4v) is 4.75. The summed E-state index contributed by atoms with van der Waals surface area (Å²) in [5, 5.41) is 4.65. The van der Waals surface area contributed by atoms with Crippen LogP contribution < -0.4 is 20.5 Å². The number of ether oxygens (including phenoxy) is 2. The number of pyridine rings is 1. The molecule has 2 heterocycles. The standard InChI is InChI=1S/C27H34BrN5O2.2C2H6/c1-4-5-8-24-32-25-26(33(24)14-7-6-13-29)21-15-19(28)10-12-22(21)31-27(25)30-17-18-9-11-20(34-2)16-23(18)35-3;2*1-2/h9-12,15-16H,4-8,13-14,17,29H2,1-3H3,(H,30,31);2*1-2H3. The lowest BCUT2D eigenvalue weighted by Gasteiger charge is -2.14. The van der Waals surface area contributed by atoms with E-state index in [2.05, 4.69) is 44.9 Å². The number of nitrogens with two attached hydrogens (primary N) is 1. The Morgan fingerprint density at radius 3 is 2.38 bits per heavy atom. The number of fused-ring (bicyclic) bond motifs is 3. The van der Waals surface area contributed by atoms with Crippen molar-refractivity contribution in [2.45, 2.75) is 79.8 Å². The first-order chi connectivity index (χ1) is 19.1. The van der Waals surface area contributed by atoms with E-state index in [0.29, 0.717) is 13.1 Å². The molecule has 2 aromatic carbocycles. The molecule has 0 amide bonds. The van der Waals surface area contributed by atoms with Gasteiger partial charge in [0.15, 0.2) is 5.82 Å².